The number of urea groups is 1. The Hall–Kier alpha value is -3.02. The molecule has 150 valence electrons. The second-order valence-corrected chi connectivity index (χ2v) is 7.24. The van der Waals surface area contributed by atoms with Gasteiger partial charge < -0.3 is 20.9 Å². The Labute approximate surface area is 167 Å². The number of amides is 3. The van der Waals surface area contributed by atoms with Crippen molar-refractivity contribution >= 4 is 29.0 Å². The zero-order chi connectivity index (χ0) is 20.7. The van der Waals surface area contributed by atoms with Gasteiger partial charge in [-0.3, -0.25) is 4.79 Å². The van der Waals surface area contributed by atoms with E-state index in [0.717, 1.165) is 12.1 Å². The Bertz CT molecular complexity index is 814. The minimum Gasteiger partial charge on any atom is -0.377 e. The molecule has 0 saturated carbocycles. The van der Waals surface area contributed by atoms with Gasteiger partial charge in [0.05, 0.1) is 5.56 Å². The molecule has 6 heteroatoms. The molecule has 0 aliphatic rings. The van der Waals surface area contributed by atoms with E-state index in [9.17, 15) is 9.59 Å². The summed E-state index contributed by atoms with van der Waals surface area (Å²) in [7, 11) is 3.76. The van der Waals surface area contributed by atoms with Gasteiger partial charge in [-0.15, -0.1) is 0 Å². The van der Waals surface area contributed by atoms with Crippen molar-refractivity contribution in [2.75, 3.05) is 36.2 Å². The van der Waals surface area contributed by atoms with E-state index in [0.29, 0.717) is 29.4 Å². The smallest absolute Gasteiger partial charge is 0.323 e. The third-order valence-electron chi connectivity index (χ3n) is 4.35. The summed E-state index contributed by atoms with van der Waals surface area (Å²) in [6, 6.07) is 12.7. The summed E-state index contributed by atoms with van der Waals surface area (Å²) in [4.78, 5) is 26.7. The van der Waals surface area contributed by atoms with Crippen molar-refractivity contribution in [3.8, 4) is 0 Å². The van der Waals surface area contributed by atoms with Crippen molar-refractivity contribution in [3.63, 3.8) is 0 Å². The first-order valence-corrected chi connectivity index (χ1v) is 9.59. The fraction of sp³-hybridized carbons (Fsp3) is 0.364. The molecule has 0 aromatic heterocycles. The van der Waals surface area contributed by atoms with Crippen LogP contribution in [0.4, 0.5) is 21.9 Å². The van der Waals surface area contributed by atoms with Crippen LogP contribution >= 0.6 is 0 Å². The van der Waals surface area contributed by atoms with Crippen LogP contribution in [-0.2, 0) is 0 Å². The molecule has 0 spiro atoms. The average molecular weight is 383 g/mol. The number of rotatable bonds is 7. The third kappa shape index (κ3) is 5.74. The third-order valence-corrected chi connectivity index (χ3v) is 4.35. The van der Waals surface area contributed by atoms with Gasteiger partial charge in [0.15, 0.2) is 0 Å². The first-order valence-electron chi connectivity index (χ1n) is 9.59. The maximum absolute atomic E-state index is 12.5. The van der Waals surface area contributed by atoms with Crippen LogP contribution in [0.1, 0.15) is 49.0 Å². The van der Waals surface area contributed by atoms with E-state index in [1.54, 1.807) is 12.1 Å². The molecule has 0 radical (unpaired) electrons. The molecule has 0 aliphatic heterocycles. The Morgan fingerprint density at radius 2 is 1.57 bits per heavy atom. The summed E-state index contributed by atoms with van der Waals surface area (Å²) in [5.41, 5.74) is 3.81. The van der Waals surface area contributed by atoms with E-state index in [2.05, 4.69) is 29.8 Å². The molecule has 3 N–H and O–H groups in total. The summed E-state index contributed by atoms with van der Waals surface area (Å²) < 4.78 is 0. The lowest BCUT2D eigenvalue weighted by Crippen LogP contribution is -2.27. The average Bonchev–Trinajstić information content (AvgIpc) is 2.66. The first-order chi connectivity index (χ1) is 13.3. The predicted octanol–water partition coefficient (Wildman–Crippen LogP) is 4.66. The van der Waals surface area contributed by atoms with Gasteiger partial charge in [0.1, 0.15) is 0 Å². The number of carbonyl (C=O) groups excluding carboxylic acids is 2. The molecule has 3 amide bonds. The van der Waals surface area contributed by atoms with Crippen LogP contribution in [0.25, 0.3) is 0 Å². The highest BCUT2D eigenvalue weighted by Crippen LogP contribution is 2.23. The lowest BCUT2D eigenvalue weighted by atomic mass is 10.0. The summed E-state index contributed by atoms with van der Waals surface area (Å²) in [5.74, 6) is 0.286. The van der Waals surface area contributed by atoms with Gasteiger partial charge >= 0.3 is 6.03 Å². The number of nitrogens with one attached hydrogen (secondary N) is 3. The number of hydrogen-bond donors (Lipinski definition) is 3. The van der Waals surface area contributed by atoms with E-state index >= 15 is 0 Å². The molecule has 6 nitrogen and oxygen atoms in total. The molecular formula is C22H30N4O2. The number of benzene rings is 2. The molecule has 0 saturated heterocycles. The molecule has 2 rings (SSSR count). The number of carbonyl (C=O) groups is 2. The van der Waals surface area contributed by atoms with Gasteiger partial charge in [0.25, 0.3) is 5.91 Å². The van der Waals surface area contributed by atoms with Crippen molar-refractivity contribution in [2.45, 2.75) is 33.1 Å². The second kappa shape index (κ2) is 9.78. The van der Waals surface area contributed by atoms with Crippen LogP contribution in [0.2, 0.25) is 0 Å². The Morgan fingerprint density at radius 1 is 0.964 bits per heavy atom. The Kier molecular flexibility index (Phi) is 7.44. The van der Waals surface area contributed by atoms with Crippen LogP contribution < -0.4 is 20.9 Å². The highest BCUT2D eigenvalue weighted by atomic mass is 16.2. The quantitative estimate of drug-likeness (QED) is 0.652. The standard InChI is InChI=1S/C22H30N4O2/c1-6-13-23-21(27)19-14-18(11-12-20(19)26(4)5)25-22(28)24-17-9-7-16(8-10-17)15(2)3/h7-12,14-15H,6,13H2,1-5H3,(H,23,27)(H2,24,25,28). The number of anilines is 3. The summed E-state index contributed by atoms with van der Waals surface area (Å²) >= 11 is 0. The normalized spacial score (nSPS) is 10.5. The zero-order valence-electron chi connectivity index (χ0n) is 17.3. The van der Waals surface area contributed by atoms with Crippen molar-refractivity contribution < 1.29 is 9.59 Å². The lowest BCUT2D eigenvalue weighted by Gasteiger charge is -2.18. The minimum atomic E-state index is -0.352. The van der Waals surface area contributed by atoms with Gasteiger partial charge in [0.2, 0.25) is 0 Å². The first kappa shape index (κ1) is 21.3. The lowest BCUT2D eigenvalue weighted by molar-refractivity contribution is 0.0954. The monoisotopic (exact) mass is 382 g/mol. The van der Waals surface area contributed by atoms with E-state index in [1.807, 2.05) is 56.3 Å². The molecule has 0 aliphatic carbocycles. The van der Waals surface area contributed by atoms with Gasteiger partial charge in [0, 0.05) is 37.7 Å². The maximum atomic E-state index is 12.5. The van der Waals surface area contributed by atoms with E-state index in [4.69, 9.17) is 0 Å². The van der Waals surface area contributed by atoms with Crippen molar-refractivity contribution in [1.82, 2.24) is 5.32 Å². The molecule has 2 aromatic carbocycles. The highest BCUT2D eigenvalue weighted by molar-refractivity contribution is 6.03. The summed E-state index contributed by atoms with van der Waals surface area (Å²) in [6.07, 6.45) is 0.860. The molecule has 0 unspecified atom stereocenters. The fourth-order valence-corrected chi connectivity index (χ4v) is 2.76. The van der Waals surface area contributed by atoms with Crippen LogP contribution in [0.5, 0.6) is 0 Å². The summed E-state index contributed by atoms with van der Waals surface area (Å²) in [6.45, 7) is 6.86. The summed E-state index contributed by atoms with van der Waals surface area (Å²) in [5, 5.41) is 8.50. The van der Waals surface area contributed by atoms with Crippen LogP contribution in [0.15, 0.2) is 42.5 Å². The molecule has 0 fully saturated rings. The van der Waals surface area contributed by atoms with Gasteiger partial charge in [-0.1, -0.05) is 32.9 Å². The predicted molar refractivity (Wildman–Crippen MR) is 117 cm³/mol. The molecule has 0 atom stereocenters. The highest BCUT2D eigenvalue weighted by Gasteiger charge is 2.14. The molecule has 0 bridgehead atoms. The van der Waals surface area contributed by atoms with E-state index in [1.165, 1.54) is 5.56 Å². The van der Waals surface area contributed by atoms with Crippen molar-refractivity contribution in [2.24, 2.45) is 0 Å². The Morgan fingerprint density at radius 3 is 2.14 bits per heavy atom. The van der Waals surface area contributed by atoms with E-state index in [-0.39, 0.29) is 11.9 Å². The van der Waals surface area contributed by atoms with Crippen molar-refractivity contribution in [1.29, 1.82) is 0 Å². The number of hydrogen-bond acceptors (Lipinski definition) is 3. The fourth-order valence-electron chi connectivity index (χ4n) is 2.76. The van der Waals surface area contributed by atoms with Gasteiger partial charge in [-0.05, 0) is 48.2 Å². The molecule has 28 heavy (non-hydrogen) atoms. The van der Waals surface area contributed by atoms with E-state index < -0.39 is 0 Å². The SMILES string of the molecule is CCCNC(=O)c1cc(NC(=O)Nc2ccc(C(C)C)cc2)ccc1N(C)C. The Balaban J connectivity index is 2.11. The topological polar surface area (TPSA) is 73.5 Å². The van der Waals surface area contributed by atoms with Gasteiger partial charge in [-0.25, -0.2) is 4.79 Å². The molecule has 2 aromatic rings. The van der Waals surface area contributed by atoms with Crippen molar-refractivity contribution in [3.05, 3.63) is 53.6 Å². The number of nitrogens with zero attached hydrogens (tertiary/aromatic N) is 1. The second-order valence-electron chi connectivity index (χ2n) is 7.24. The molecular weight excluding hydrogens is 352 g/mol. The van der Waals surface area contributed by atoms with Crippen LogP contribution in [0.3, 0.4) is 0 Å². The largest absolute Gasteiger partial charge is 0.377 e. The maximum Gasteiger partial charge on any atom is 0.323 e. The minimum absolute atomic E-state index is 0.154. The molecule has 0 heterocycles. The van der Waals surface area contributed by atoms with Gasteiger partial charge in [-0.2, -0.15) is 0 Å². The zero-order valence-corrected chi connectivity index (χ0v) is 17.3. The van der Waals surface area contributed by atoms with Crippen LogP contribution in [-0.4, -0.2) is 32.6 Å². The van der Waals surface area contributed by atoms with Crippen LogP contribution in [0, 0.1) is 0 Å².